The molecule has 0 spiro atoms. The number of rotatable bonds is 22. The molecule has 3 aromatic carbocycles. The van der Waals surface area contributed by atoms with Crippen molar-refractivity contribution in [2.45, 2.75) is 104 Å². The third-order valence-electron chi connectivity index (χ3n) is 7.97. The molecular formula is C41H51NO6. The molecule has 256 valence electrons. The Morgan fingerprint density at radius 2 is 1.12 bits per heavy atom. The van der Waals surface area contributed by atoms with E-state index in [2.05, 4.69) is 13.8 Å². The predicted molar refractivity (Wildman–Crippen MR) is 191 cm³/mol. The van der Waals surface area contributed by atoms with Crippen molar-refractivity contribution in [2.24, 2.45) is 0 Å². The fourth-order valence-electron chi connectivity index (χ4n) is 5.04. The summed E-state index contributed by atoms with van der Waals surface area (Å²) < 4.78 is 22.4. The normalized spacial score (nSPS) is 11.8. The van der Waals surface area contributed by atoms with Gasteiger partial charge in [0, 0.05) is 6.61 Å². The van der Waals surface area contributed by atoms with Gasteiger partial charge in [0.1, 0.15) is 28.9 Å². The van der Waals surface area contributed by atoms with E-state index in [1.807, 2.05) is 54.6 Å². The second-order valence-corrected chi connectivity index (χ2v) is 12.0. The summed E-state index contributed by atoms with van der Waals surface area (Å²) in [5.41, 5.74) is 2.39. The van der Waals surface area contributed by atoms with Gasteiger partial charge in [-0.25, -0.2) is 9.59 Å². The van der Waals surface area contributed by atoms with E-state index in [0.29, 0.717) is 30.3 Å². The highest BCUT2D eigenvalue weighted by Gasteiger charge is 2.16. The van der Waals surface area contributed by atoms with E-state index < -0.39 is 18.0 Å². The number of hydrogen-bond donors (Lipinski definition) is 0. The maximum Gasteiger partial charge on any atom is 0.354 e. The zero-order valence-corrected chi connectivity index (χ0v) is 28.9. The first-order chi connectivity index (χ1) is 23.4. The second kappa shape index (κ2) is 22.2. The minimum Gasteiger partial charge on any atom is -0.494 e. The van der Waals surface area contributed by atoms with E-state index in [1.54, 1.807) is 31.2 Å². The van der Waals surface area contributed by atoms with Gasteiger partial charge in [-0.1, -0.05) is 114 Å². The summed E-state index contributed by atoms with van der Waals surface area (Å²) in [7, 11) is 0. The van der Waals surface area contributed by atoms with Gasteiger partial charge in [0.2, 0.25) is 0 Å². The van der Waals surface area contributed by atoms with Crippen molar-refractivity contribution in [3.63, 3.8) is 0 Å². The first kappa shape index (κ1) is 38.0. The van der Waals surface area contributed by atoms with Gasteiger partial charge in [0.05, 0.1) is 6.61 Å². The quantitative estimate of drug-likeness (QED) is 0.0350. The first-order valence-corrected chi connectivity index (χ1v) is 17.5. The smallest absolute Gasteiger partial charge is 0.354 e. The number of esters is 2. The lowest BCUT2D eigenvalue weighted by Gasteiger charge is -2.13. The molecule has 3 aromatic rings. The Morgan fingerprint density at radius 1 is 0.646 bits per heavy atom. The summed E-state index contributed by atoms with van der Waals surface area (Å²) in [6, 6.07) is 23.4. The molecule has 0 saturated carbocycles. The van der Waals surface area contributed by atoms with Crippen molar-refractivity contribution in [1.82, 2.24) is 0 Å². The average Bonchev–Trinajstić information content (AvgIpc) is 3.11. The summed E-state index contributed by atoms with van der Waals surface area (Å²) in [6.45, 7) is 7.33. The van der Waals surface area contributed by atoms with E-state index >= 15 is 0 Å². The number of unbranched alkanes of at least 4 members (excludes halogenated alkanes) is 10. The molecule has 0 aliphatic rings. The second-order valence-electron chi connectivity index (χ2n) is 12.0. The molecule has 7 heteroatoms. The molecule has 1 unspecified atom stereocenters. The molecule has 0 bridgehead atoms. The van der Waals surface area contributed by atoms with Crippen LogP contribution in [0.25, 0.3) is 17.2 Å². The van der Waals surface area contributed by atoms with Crippen LogP contribution >= 0.6 is 0 Å². The minimum atomic E-state index is -0.731. The van der Waals surface area contributed by atoms with Crippen LogP contribution in [0.4, 0.5) is 0 Å². The summed E-state index contributed by atoms with van der Waals surface area (Å²) in [6.07, 6.45) is 15.1. The van der Waals surface area contributed by atoms with E-state index in [9.17, 15) is 14.9 Å². The number of carbonyl (C=O) groups is 2. The molecule has 0 N–H and O–H groups in total. The Balaban J connectivity index is 1.45. The molecule has 0 heterocycles. The van der Waals surface area contributed by atoms with Crippen LogP contribution in [0.3, 0.4) is 0 Å². The Bertz CT molecular complexity index is 1440. The third kappa shape index (κ3) is 14.1. The minimum absolute atomic E-state index is 0.104. The largest absolute Gasteiger partial charge is 0.494 e. The molecule has 7 nitrogen and oxygen atoms in total. The van der Waals surface area contributed by atoms with Crippen LogP contribution in [0.5, 0.6) is 17.2 Å². The van der Waals surface area contributed by atoms with Gasteiger partial charge in [-0.3, -0.25) is 0 Å². The number of ether oxygens (including phenoxy) is 4. The highest BCUT2D eigenvalue weighted by atomic mass is 16.6. The summed E-state index contributed by atoms with van der Waals surface area (Å²) >= 11 is 0. The maximum atomic E-state index is 12.8. The van der Waals surface area contributed by atoms with Crippen molar-refractivity contribution in [3.05, 3.63) is 83.9 Å². The molecular weight excluding hydrogens is 602 g/mol. The molecule has 0 radical (unpaired) electrons. The first-order valence-electron chi connectivity index (χ1n) is 17.5. The highest BCUT2D eigenvalue weighted by molar-refractivity contribution is 5.99. The lowest BCUT2D eigenvalue weighted by molar-refractivity contribution is -0.146. The van der Waals surface area contributed by atoms with E-state index in [-0.39, 0.29) is 5.57 Å². The number of hydrogen-bond acceptors (Lipinski definition) is 7. The van der Waals surface area contributed by atoms with Crippen LogP contribution in [0.2, 0.25) is 0 Å². The van der Waals surface area contributed by atoms with Crippen molar-refractivity contribution in [2.75, 3.05) is 13.2 Å². The molecule has 0 amide bonds. The van der Waals surface area contributed by atoms with E-state index in [0.717, 1.165) is 36.1 Å². The van der Waals surface area contributed by atoms with Gasteiger partial charge in [0.15, 0.2) is 6.10 Å². The Hall–Kier alpha value is -4.41. The van der Waals surface area contributed by atoms with Crippen molar-refractivity contribution >= 4 is 18.0 Å². The fraction of sp³-hybridized carbons (Fsp3) is 0.439. The number of carbonyl (C=O) groups excluding carboxylic acids is 2. The molecule has 0 fully saturated rings. The molecule has 1 atom stereocenters. The van der Waals surface area contributed by atoms with Crippen LogP contribution in [0.1, 0.15) is 103 Å². The third-order valence-corrected chi connectivity index (χ3v) is 7.97. The molecule has 0 saturated heterocycles. The van der Waals surface area contributed by atoms with Crippen molar-refractivity contribution in [1.29, 1.82) is 5.26 Å². The molecule has 0 aromatic heterocycles. The Morgan fingerprint density at radius 3 is 1.67 bits per heavy atom. The molecule has 48 heavy (non-hydrogen) atoms. The maximum absolute atomic E-state index is 12.8. The van der Waals surface area contributed by atoms with Gasteiger partial charge in [-0.05, 0) is 78.9 Å². The van der Waals surface area contributed by atoms with Crippen LogP contribution in [-0.2, 0) is 14.3 Å². The van der Waals surface area contributed by atoms with Gasteiger partial charge in [-0.2, -0.15) is 5.26 Å². The van der Waals surface area contributed by atoms with Crippen LogP contribution in [0.15, 0.2) is 78.4 Å². The zero-order chi connectivity index (χ0) is 34.4. The number of benzene rings is 3. The summed E-state index contributed by atoms with van der Waals surface area (Å²) in [5.74, 6) is 0.370. The fourth-order valence-corrected chi connectivity index (χ4v) is 5.04. The van der Waals surface area contributed by atoms with Crippen molar-refractivity contribution < 1.29 is 28.5 Å². The SMILES string of the molecule is CCCCCCCCCOc1ccc(/C=C(\C#N)C(=O)Oc2ccc(-c3ccc(OC(=O)C(C)OCCCCCCC)cc3)cc2)cc1. The van der Waals surface area contributed by atoms with E-state index in [1.165, 1.54) is 63.9 Å². The van der Waals surface area contributed by atoms with Crippen LogP contribution in [-0.4, -0.2) is 31.3 Å². The topological polar surface area (TPSA) is 94.9 Å². The number of nitriles is 1. The van der Waals surface area contributed by atoms with Crippen LogP contribution in [0, 0.1) is 11.3 Å². The van der Waals surface area contributed by atoms with Crippen LogP contribution < -0.4 is 14.2 Å². The van der Waals surface area contributed by atoms with Gasteiger partial charge >= 0.3 is 11.9 Å². The molecule has 0 aliphatic carbocycles. The van der Waals surface area contributed by atoms with Gasteiger partial charge < -0.3 is 18.9 Å². The van der Waals surface area contributed by atoms with Crippen molar-refractivity contribution in [3.8, 4) is 34.4 Å². The molecule has 3 rings (SSSR count). The average molecular weight is 654 g/mol. The van der Waals surface area contributed by atoms with Gasteiger partial charge in [0.25, 0.3) is 0 Å². The van der Waals surface area contributed by atoms with E-state index in [4.69, 9.17) is 18.9 Å². The highest BCUT2D eigenvalue weighted by Crippen LogP contribution is 2.26. The molecule has 0 aliphatic heterocycles. The Labute approximate surface area is 286 Å². The monoisotopic (exact) mass is 653 g/mol. The zero-order valence-electron chi connectivity index (χ0n) is 28.9. The standard InChI is InChI=1S/C41H51NO6/c1-4-6-8-10-11-13-15-29-46-37-22-16-33(17-23-37)30-36(31-42)41(44)48-39-26-20-35(21-27-39)34-18-24-38(25-19-34)47-40(43)32(3)45-28-14-12-9-7-5-2/h16-27,30,32H,4-15,28-29H2,1-3H3/b36-30+. The lowest BCUT2D eigenvalue weighted by Crippen LogP contribution is -2.26. The number of nitrogens with zero attached hydrogens (tertiary/aromatic N) is 1. The Kier molecular flexibility index (Phi) is 17.6. The predicted octanol–water partition coefficient (Wildman–Crippen LogP) is 10.3. The summed E-state index contributed by atoms with van der Waals surface area (Å²) in [5, 5.41) is 9.62. The van der Waals surface area contributed by atoms with Gasteiger partial charge in [-0.15, -0.1) is 0 Å². The lowest BCUT2D eigenvalue weighted by atomic mass is 10.1. The summed E-state index contributed by atoms with van der Waals surface area (Å²) in [4.78, 5) is 25.2.